The van der Waals surface area contributed by atoms with E-state index < -0.39 is 18.0 Å². The van der Waals surface area contributed by atoms with Gasteiger partial charge in [-0.25, -0.2) is 4.99 Å². The molecule has 8 heteroatoms. The molecule has 1 aliphatic rings. The van der Waals surface area contributed by atoms with Crippen molar-refractivity contribution in [3.05, 3.63) is 0 Å². The van der Waals surface area contributed by atoms with Crippen LogP contribution in [0.1, 0.15) is 25.7 Å². The molecule has 1 aliphatic carbocycles. The summed E-state index contributed by atoms with van der Waals surface area (Å²) in [6.45, 7) is 0. The highest BCUT2D eigenvalue weighted by molar-refractivity contribution is 5.87. The first-order chi connectivity index (χ1) is 7.45. The highest BCUT2D eigenvalue weighted by Crippen LogP contribution is 2.39. The number of alkyl halides is 3. The van der Waals surface area contributed by atoms with Gasteiger partial charge in [0.25, 0.3) is 0 Å². The van der Waals surface area contributed by atoms with E-state index >= 15 is 0 Å². The molecule has 1 unspecified atom stereocenters. The van der Waals surface area contributed by atoms with E-state index in [4.69, 9.17) is 11.6 Å². The zero-order valence-corrected chi connectivity index (χ0v) is 9.97. The predicted molar refractivity (Wildman–Crippen MR) is 63.1 cm³/mol. The lowest BCUT2D eigenvalue weighted by Gasteiger charge is -2.21. The van der Waals surface area contributed by atoms with Crippen molar-refractivity contribution in [2.24, 2.45) is 33.5 Å². The Morgan fingerprint density at radius 2 is 1.82 bits per heavy atom. The van der Waals surface area contributed by atoms with Crippen LogP contribution < -0.4 is 11.6 Å². The largest absolute Gasteiger partial charge is 0.396 e. The maximum absolute atomic E-state index is 12.7. The summed E-state index contributed by atoms with van der Waals surface area (Å²) in [5, 5.41) is 3.00. The molecule has 0 aromatic carbocycles. The van der Waals surface area contributed by atoms with Crippen LogP contribution in [-0.2, 0) is 0 Å². The van der Waals surface area contributed by atoms with Crippen molar-refractivity contribution in [2.45, 2.75) is 31.9 Å². The minimum atomic E-state index is -4.28. The number of halogens is 4. The van der Waals surface area contributed by atoms with Gasteiger partial charge in [0.2, 0.25) is 5.96 Å². The number of nitrogens with two attached hydrogens (primary N) is 2. The minimum absolute atomic E-state index is 0. The SMILES string of the molecule is Cl.N/N=C(\N)N=CC(C1CCCC1)C(F)(F)F. The van der Waals surface area contributed by atoms with E-state index in [2.05, 4.69) is 10.1 Å². The summed E-state index contributed by atoms with van der Waals surface area (Å²) >= 11 is 0. The molecule has 0 aromatic rings. The highest BCUT2D eigenvalue weighted by atomic mass is 35.5. The van der Waals surface area contributed by atoms with E-state index in [0.717, 1.165) is 19.1 Å². The molecule has 1 fully saturated rings. The van der Waals surface area contributed by atoms with Gasteiger partial charge in [-0.15, -0.1) is 17.5 Å². The van der Waals surface area contributed by atoms with E-state index in [0.29, 0.717) is 12.8 Å². The number of aliphatic imine (C=N–C) groups is 1. The summed E-state index contributed by atoms with van der Waals surface area (Å²) < 4.78 is 38.2. The second kappa shape index (κ2) is 6.68. The Labute approximate surface area is 104 Å². The van der Waals surface area contributed by atoms with Gasteiger partial charge in [0.05, 0.1) is 5.92 Å². The number of guanidine groups is 1. The average Bonchev–Trinajstić information content (AvgIpc) is 2.68. The van der Waals surface area contributed by atoms with Crippen molar-refractivity contribution in [2.75, 3.05) is 0 Å². The molecule has 100 valence electrons. The van der Waals surface area contributed by atoms with Gasteiger partial charge in [-0.2, -0.15) is 13.2 Å². The predicted octanol–water partition coefficient (Wildman–Crippen LogP) is 2.04. The third-order valence-electron chi connectivity index (χ3n) is 2.79. The lowest BCUT2D eigenvalue weighted by molar-refractivity contribution is -0.165. The molecule has 0 heterocycles. The summed E-state index contributed by atoms with van der Waals surface area (Å²) in [6.07, 6.45) is -0.627. The van der Waals surface area contributed by atoms with Crippen LogP contribution in [-0.4, -0.2) is 18.4 Å². The number of rotatable bonds is 2. The van der Waals surface area contributed by atoms with E-state index in [9.17, 15) is 13.2 Å². The zero-order valence-electron chi connectivity index (χ0n) is 9.15. The molecule has 0 radical (unpaired) electrons. The Kier molecular flexibility index (Phi) is 6.30. The molecular weight excluding hydrogens is 257 g/mol. The highest BCUT2D eigenvalue weighted by Gasteiger charge is 2.44. The first kappa shape index (κ1) is 16.0. The average molecular weight is 273 g/mol. The molecule has 0 bridgehead atoms. The van der Waals surface area contributed by atoms with Crippen molar-refractivity contribution >= 4 is 24.6 Å². The second-order valence-corrected chi connectivity index (χ2v) is 3.88. The Bertz CT molecular complexity index is 284. The molecule has 0 aliphatic heterocycles. The maximum Gasteiger partial charge on any atom is 0.396 e. The van der Waals surface area contributed by atoms with Gasteiger partial charge in [0, 0.05) is 6.21 Å². The number of nitrogens with zero attached hydrogens (tertiary/aromatic N) is 2. The zero-order chi connectivity index (χ0) is 12.2. The quantitative estimate of drug-likeness (QED) is 0.349. The van der Waals surface area contributed by atoms with Crippen LogP contribution in [0, 0.1) is 11.8 Å². The van der Waals surface area contributed by atoms with Crippen LogP contribution in [0.4, 0.5) is 13.2 Å². The maximum atomic E-state index is 12.7. The van der Waals surface area contributed by atoms with E-state index in [1.165, 1.54) is 0 Å². The fourth-order valence-electron chi connectivity index (χ4n) is 1.98. The summed E-state index contributed by atoms with van der Waals surface area (Å²) in [6, 6.07) is 0. The minimum Gasteiger partial charge on any atom is -0.367 e. The van der Waals surface area contributed by atoms with Crippen molar-refractivity contribution < 1.29 is 13.2 Å². The summed E-state index contributed by atoms with van der Waals surface area (Å²) in [4.78, 5) is 3.41. The smallest absolute Gasteiger partial charge is 0.367 e. The Balaban J connectivity index is 0.00000256. The van der Waals surface area contributed by atoms with Gasteiger partial charge in [-0.05, 0) is 18.8 Å². The standard InChI is InChI=1S/C9H15F3N4.ClH/c10-9(11,12)7(5-15-8(13)16-14)6-3-1-2-4-6;/h5-7H,1-4,14H2,(H2,13,16);1H. The third-order valence-corrected chi connectivity index (χ3v) is 2.79. The molecule has 17 heavy (non-hydrogen) atoms. The van der Waals surface area contributed by atoms with E-state index in [1.807, 2.05) is 0 Å². The monoisotopic (exact) mass is 272 g/mol. The van der Waals surface area contributed by atoms with Crippen molar-refractivity contribution in [1.29, 1.82) is 0 Å². The Hall–Kier alpha value is -0.980. The molecule has 0 spiro atoms. The molecule has 4 nitrogen and oxygen atoms in total. The lowest BCUT2D eigenvalue weighted by atomic mass is 9.91. The number of hydrazone groups is 1. The van der Waals surface area contributed by atoms with Crippen molar-refractivity contribution in [3.63, 3.8) is 0 Å². The van der Waals surface area contributed by atoms with Gasteiger partial charge in [-0.1, -0.05) is 12.8 Å². The van der Waals surface area contributed by atoms with Crippen LogP contribution in [0.25, 0.3) is 0 Å². The molecule has 4 N–H and O–H groups in total. The molecule has 1 atom stereocenters. The number of hydrogen-bond donors (Lipinski definition) is 2. The molecule has 0 aromatic heterocycles. The molecule has 1 rings (SSSR count). The van der Waals surface area contributed by atoms with Crippen LogP contribution in [0.5, 0.6) is 0 Å². The summed E-state index contributed by atoms with van der Waals surface area (Å²) in [7, 11) is 0. The van der Waals surface area contributed by atoms with Gasteiger partial charge in [-0.3, -0.25) is 0 Å². The first-order valence-electron chi connectivity index (χ1n) is 5.09. The number of hydrogen-bond acceptors (Lipinski definition) is 2. The Morgan fingerprint density at radius 1 is 1.29 bits per heavy atom. The molecular formula is C9H16ClF3N4. The van der Waals surface area contributed by atoms with Crippen molar-refractivity contribution in [1.82, 2.24) is 0 Å². The summed E-state index contributed by atoms with van der Waals surface area (Å²) in [5.74, 6) is 2.51. The van der Waals surface area contributed by atoms with E-state index in [-0.39, 0.29) is 18.4 Å². The van der Waals surface area contributed by atoms with Crippen molar-refractivity contribution in [3.8, 4) is 0 Å². The van der Waals surface area contributed by atoms with Gasteiger partial charge in [0.15, 0.2) is 0 Å². The Morgan fingerprint density at radius 3 is 2.24 bits per heavy atom. The molecule has 0 saturated heterocycles. The molecule has 0 amide bonds. The van der Waals surface area contributed by atoms with Gasteiger partial charge < -0.3 is 11.6 Å². The fourth-order valence-corrected chi connectivity index (χ4v) is 1.98. The normalized spacial score (nSPS) is 20.5. The van der Waals surface area contributed by atoms with Gasteiger partial charge >= 0.3 is 6.18 Å². The van der Waals surface area contributed by atoms with Crippen LogP contribution in [0.3, 0.4) is 0 Å². The summed E-state index contributed by atoms with van der Waals surface area (Å²) in [5.41, 5.74) is 5.12. The fraction of sp³-hybridized carbons (Fsp3) is 0.778. The lowest BCUT2D eigenvalue weighted by Crippen LogP contribution is -2.31. The van der Waals surface area contributed by atoms with Crippen LogP contribution in [0.2, 0.25) is 0 Å². The van der Waals surface area contributed by atoms with Crippen LogP contribution in [0.15, 0.2) is 10.1 Å². The second-order valence-electron chi connectivity index (χ2n) is 3.88. The van der Waals surface area contributed by atoms with Crippen LogP contribution >= 0.6 is 12.4 Å². The van der Waals surface area contributed by atoms with E-state index in [1.54, 1.807) is 0 Å². The topological polar surface area (TPSA) is 76.8 Å². The first-order valence-corrected chi connectivity index (χ1v) is 5.09. The molecule has 1 saturated carbocycles. The van der Waals surface area contributed by atoms with Gasteiger partial charge in [0.1, 0.15) is 0 Å². The third kappa shape index (κ3) is 4.80.